The number of piperidine rings is 1. The summed E-state index contributed by atoms with van der Waals surface area (Å²) in [7, 11) is 0. The summed E-state index contributed by atoms with van der Waals surface area (Å²) < 4.78 is 0. The van der Waals surface area contributed by atoms with E-state index in [-0.39, 0.29) is 11.1 Å². The van der Waals surface area contributed by atoms with Gasteiger partial charge in [-0.2, -0.15) is 5.10 Å². The Morgan fingerprint density at radius 2 is 2.06 bits per heavy atom. The quantitative estimate of drug-likeness (QED) is 0.441. The van der Waals surface area contributed by atoms with Crippen molar-refractivity contribution in [3.63, 3.8) is 0 Å². The van der Waals surface area contributed by atoms with Crippen molar-refractivity contribution in [1.29, 1.82) is 0 Å². The molecule has 3 aromatic rings. The lowest BCUT2D eigenvalue weighted by Crippen LogP contribution is -2.38. The summed E-state index contributed by atoms with van der Waals surface area (Å²) in [6.45, 7) is 3.39. The van der Waals surface area contributed by atoms with Gasteiger partial charge in [-0.25, -0.2) is 9.97 Å². The van der Waals surface area contributed by atoms with Crippen LogP contribution in [0.1, 0.15) is 24.2 Å². The van der Waals surface area contributed by atoms with Crippen molar-refractivity contribution in [3.05, 3.63) is 59.1 Å². The molecule has 0 aromatic carbocycles. The highest BCUT2D eigenvalue weighted by Gasteiger charge is 2.25. The van der Waals surface area contributed by atoms with Gasteiger partial charge in [0.05, 0.1) is 28.2 Å². The summed E-state index contributed by atoms with van der Waals surface area (Å²) in [5, 5.41) is 12.2. The first-order valence-corrected chi connectivity index (χ1v) is 11.9. The minimum atomic E-state index is -0.383. The second-order valence-electron chi connectivity index (χ2n) is 8.20. The van der Waals surface area contributed by atoms with Crippen LogP contribution in [0.15, 0.2) is 47.8 Å². The molecule has 5 rings (SSSR count). The van der Waals surface area contributed by atoms with Gasteiger partial charge in [-0.15, -0.1) is 0 Å². The van der Waals surface area contributed by atoms with Crippen LogP contribution in [0.5, 0.6) is 0 Å². The van der Waals surface area contributed by atoms with Gasteiger partial charge in [-0.1, -0.05) is 6.07 Å². The lowest BCUT2D eigenvalue weighted by molar-refractivity contribution is -0.115. The first-order valence-electron chi connectivity index (χ1n) is 11.1. The van der Waals surface area contributed by atoms with Crippen molar-refractivity contribution < 1.29 is 9.59 Å². The molecular weight excluding hydrogens is 452 g/mol. The molecule has 34 heavy (non-hydrogen) atoms. The van der Waals surface area contributed by atoms with Crippen molar-refractivity contribution in [3.8, 4) is 11.3 Å². The number of H-pyrrole nitrogens is 1. The lowest BCUT2D eigenvalue weighted by Gasteiger charge is -2.32. The summed E-state index contributed by atoms with van der Waals surface area (Å²) in [6.07, 6.45) is 9.01. The van der Waals surface area contributed by atoms with Crippen LogP contribution >= 0.6 is 11.8 Å². The predicted molar refractivity (Wildman–Crippen MR) is 130 cm³/mol. The van der Waals surface area contributed by atoms with E-state index < -0.39 is 0 Å². The SMILES string of the molecule is O=C1NC(=O)C(=Cc2ccnc(N3CCC(CNCc4cccc(-c5cn[nH]c5)n4)CC3)n2)S1. The number of carbonyl (C=O) groups is 2. The van der Waals surface area contributed by atoms with E-state index in [2.05, 4.69) is 35.7 Å². The van der Waals surface area contributed by atoms with E-state index in [1.807, 2.05) is 24.4 Å². The van der Waals surface area contributed by atoms with E-state index in [1.165, 1.54) is 0 Å². The van der Waals surface area contributed by atoms with Crippen molar-refractivity contribution in [2.75, 3.05) is 24.5 Å². The highest BCUT2D eigenvalue weighted by atomic mass is 32.2. The number of hydrogen-bond donors (Lipinski definition) is 3. The molecule has 2 aliphatic heterocycles. The van der Waals surface area contributed by atoms with Gasteiger partial charge < -0.3 is 10.2 Å². The molecule has 10 nitrogen and oxygen atoms in total. The molecule has 0 spiro atoms. The summed E-state index contributed by atoms with van der Waals surface area (Å²) in [4.78, 5) is 39.3. The van der Waals surface area contributed by atoms with Crippen molar-refractivity contribution >= 4 is 34.9 Å². The maximum atomic E-state index is 11.8. The van der Waals surface area contributed by atoms with Crippen molar-refractivity contribution in [2.24, 2.45) is 5.92 Å². The van der Waals surface area contributed by atoms with Gasteiger partial charge in [0.1, 0.15) is 0 Å². The molecule has 2 fully saturated rings. The van der Waals surface area contributed by atoms with Gasteiger partial charge in [0.15, 0.2) is 0 Å². The first-order chi connectivity index (χ1) is 16.6. The molecule has 11 heteroatoms. The molecule has 2 amide bonds. The molecule has 2 aliphatic rings. The van der Waals surface area contributed by atoms with Gasteiger partial charge in [0.2, 0.25) is 5.95 Å². The number of imide groups is 1. The fourth-order valence-electron chi connectivity index (χ4n) is 4.02. The summed E-state index contributed by atoms with van der Waals surface area (Å²) in [5.41, 5.74) is 3.52. The van der Waals surface area contributed by atoms with E-state index in [0.29, 0.717) is 22.5 Å². The molecule has 0 aliphatic carbocycles. The average molecular weight is 477 g/mol. The highest BCUT2D eigenvalue weighted by molar-refractivity contribution is 8.18. The van der Waals surface area contributed by atoms with Crippen LogP contribution in [0.3, 0.4) is 0 Å². The zero-order chi connectivity index (χ0) is 23.3. The summed E-state index contributed by atoms with van der Waals surface area (Å²) in [6, 6.07) is 7.77. The number of nitrogens with zero attached hydrogens (tertiary/aromatic N) is 5. The number of pyridine rings is 1. The molecule has 0 radical (unpaired) electrons. The number of hydrogen-bond acceptors (Lipinski definition) is 9. The Bertz CT molecular complexity index is 1210. The molecule has 0 bridgehead atoms. The monoisotopic (exact) mass is 476 g/mol. The Morgan fingerprint density at radius 3 is 2.82 bits per heavy atom. The number of aromatic amines is 1. The number of aromatic nitrogens is 5. The highest BCUT2D eigenvalue weighted by Crippen LogP contribution is 2.26. The molecule has 3 N–H and O–H groups in total. The fraction of sp³-hybridized carbons (Fsp3) is 0.304. The molecule has 5 heterocycles. The van der Waals surface area contributed by atoms with E-state index in [4.69, 9.17) is 4.98 Å². The van der Waals surface area contributed by atoms with E-state index >= 15 is 0 Å². The van der Waals surface area contributed by atoms with Gasteiger partial charge >= 0.3 is 0 Å². The van der Waals surface area contributed by atoms with Crippen LogP contribution in [0.25, 0.3) is 17.3 Å². The standard InChI is InChI=1S/C23H24N8O2S/c32-21-20(34-23(33)30-21)10-17-4-7-25-22(29-17)31-8-5-15(6-9-31)11-24-14-18-2-1-3-19(28-18)16-12-26-27-13-16/h1-4,7,10,12-13,15,24H,5-6,8-9,11,14H2,(H,26,27)(H,30,32,33). The molecule has 3 aromatic heterocycles. The maximum Gasteiger partial charge on any atom is 0.290 e. The predicted octanol–water partition coefficient (Wildman–Crippen LogP) is 2.59. The third kappa shape index (κ3) is 5.32. The molecule has 174 valence electrons. The average Bonchev–Trinajstić information content (AvgIpc) is 3.50. The van der Waals surface area contributed by atoms with Crippen LogP contribution < -0.4 is 15.5 Å². The minimum Gasteiger partial charge on any atom is -0.341 e. The third-order valence-electron chi connectivity index (χ3n) is 5.82. The fourth-order valence-corrected chi connectivity index (χ4v) is 4.69. The lowest BCUT2D eigenvalue weighted by atomic mass is 9.97. The Balaban J connectivity index is 1.11. The first kappa shape index (κ1) is 22.2. The number of carbonyl (C=O) groups excluding carboxylic acids is 2. The Hall–Kier alpha value is -3.57. The van der Waals surface area contributed by atoms with Crippen LogP contribution in [0.2, 0.25) is 0 Å². The van der Waals surface area contributed by atoms with E-state index in [0.717, 1.165) is 67.7 Å². The van der Waals surface area contributed by atoms with Crippen LogP contribution in [-0.4, -0.2) is 55.9 Å². The Labute approximate surface area is 200 Å². The molecule has 2 saturated heterocycles. The zero-order valence-corrected chi connectivity index (χ0v) is 19.2. The van der Waals surface area contributed by atoms with Gasteiger partial charge in [0.25, 0.3) is 11.1 Å². The number of nitrogens with one attached hydrogen (secondary N) is 3. The number of rotatable bonds is 7. The second-order valence-corrected chi connectivity index (χ2v) is 9.21. The maximum absolute atomic E-state index is 11.8. The van der Waals surface area contributed by atoms with E-state index in [9.17, 15) is 9.59 Å². The van der Waals surface area contributed by atoms with Crippen LogP contribution in [-0.2, 0) is 11.3 Å². The summed E-state index contributed by atoms with van der Waals surface area (Å²) in [5.74, 6) is 0.839. The smallest absolute Gasteiger partial charge is 0.290 e. The largest absolute Gasteiger partial charge is 0.341 e. The van der Waals surface area contributed by atoms with Crippen molar-refractivity contribution in [1.82, 2.24) is 35.8 Å². The zero-order valence-electron chi connectivity index (χ0n) is 18.4. The van der Waals surface area contributed by atoms with E-state index in [1.54, 1.807) is 24.5 Å². The Morgan fingerprint density at radius 1 is 1.18 bits per heavy atom. The number of amides is 2. The van der Waals surface area contributed by atoms with Gasteiger partial charge in [0, 0.05) is 37.6 Å². The van der Waals surface area contributed by atoms with Crippen molar-refractivity contribution in [2.45, 2.75) is 19.4 Å². The van der Waals surface area contributed by atoms with Crippen LogP contribution in [0, 0.1) is 5.92 Å². The molecular formula is C23H24N8O2S. The van der Waals surface area contributed by atoms with Gasteiger partial charge in [-0.05, 0) is 61.3 Å². The molecule has 0 unspecified atom stereocenters. The molecule has 0 saturated carbocycles. The minimum absolute atomic E-state index is 0.351. The molecule has 0 atom stereocenters. The van der Waals surface area contributed by atoms with Gasteiger partial charge in [-0.3, -0.25) is 25.0 Å². The summed E-state index contributed by atoms with van der Waals surface area (Å²) >= 11 is 0.888. The number of anilines is 1. The number of thioether (sulfide) groups is 1. The Kier molecular flexibility index (Phi) is 6.63. The topological polar surface area (TPSA) is 129 Å². The second kappa shape index (κ2) is 10.1. The van der Waals surface area contributed by atoms with Crippen LogP contribution in [0.4, 0.5) is 10.7 Å². The third-order valence-corrected chi connectivity index (χ3v) is 6.63. The normalized spacial score (nSPS) is 18.0.